The Hall–Kier alpha value is -3.59. The van der Waals surface area contributed by atoms with E-state index < -0.39 is 0 Å². The Morgan fingerprint density at radius 1 is 1.16 bits per heavy atom. The van der Waals surface area contributed by atoms with Crippen molar-refractivity contribution in [2.24, 2.45) is 0 Å². The molecule has 1 N–H and O–H groups in total. The molecule has 25 heavy (non-hydrogen) atoms. The third-order valence-corrected chi connectivity index (χ3v) is 3.54. The number of amides is 1. The van der Waals surface area contributed by atoms with E-state index in [0.29, 0.717) is 23.6 Å². The largest absolute Gasteiger partial charge is 0.489 e. The van der Waals surface area contributed by atoms with Gasteiger partial charge >= 0.3 is 0 Å². The Labute approximate surface area is 145 Å². The Bertz CT molecular complexity index is 881. The van der Waals surface area contributed by atoms with Crippen LogP contribution in [-0.4, -0.2) is 15.7 Å². The number of nitrogens with one attached hydrogen (secondary N) is 1. The van der Waals surface area contributed by atoms with Crippen LogP contribution in [0.2, 0.25) is 0 Å². The second kappa shape index (κ2) is 7.79. The molecule has 0 aliphatic heterocycles. The summed E-state index contributed by atoms with van der Waals surface area (Å²) in [5.41, 5.74) is 2.12. The first kappa shape index (κ1) is 16.3. The minimum Gasteiger partial charge on any atom is -0.489 e. The predicted octanol–water partition coefficient (Wildman–Crippen LogP) is 2.97. The highest BCUT2D eigenvalue weighted by atomic mass is 16.5. The molecule has 0 radical (unpaired) electrons. The quantitative estimate of drug-likeness (QED) is 0.752. The number of hydrogen-bond acceptors (Lipinski definition) is 4. The molecule has 1 aromatic heterocycles. The molecule has 1 heterocycles. The maximum Gasteiger partial charge on any atom is 0.246 e. The van der Waals surface area contributed by atoms with Gasteiger partial charge in [-0.15, -0.1) is 0 Å². The van der Waals surface area contributed by atoms with Gasteiger partial charge in [-0.3, -0.25) is 9.48 Å². The van der Waals surface area contributed by atoms with Gasteiger partial charge in [0.05, 0.1) is 11.6 Å². The van der Waals surface area contributed by atoms with Crippen LogP contribution in [-0.2, 0) is 17.9 Å². The molecule has 3 aromatic rings. The molecular formula is C19H16N4O2. The lowest BCUT2D eigenvalue weighted by molar-refractivity contribution is -0.116. The summed E-state index contributed by atoms with van der Waals surface area (Å²) < 4.78 is 7.26. The summed E-state index contributed by atoms with van der Waals surface area (Å²) >= 11 is 0. The van der Waals surface area contributed by atoms with Crippen molar-refractivity contribution < 1.29 is 9.53 Å². The Balaban J connectivity index is 1.55. The minimum atomic E-state index is -0.152. The lowest BCUT2D eigenvalue weighted by Gasteiger charge is -2.09. The van der Waals surface area contributed by atoms with Gasteiger partial charge in [0, 0.05) is 23.6 Å². The van der Waals surface area contributed by atoms with Crippen molar-refractivity contribution in [1.29, 1.82) is 5.26 Å². The molecule has 0 unspecified atom stereocenters. The highest BCUT2D eigenvalue weighted by molar-refractivity contribution is 5.90. The van der Waals surface area contributed by atoms with Gasteiger partial charge in [0.1, 0.15) is 18.9 Å². The van der Waals surface area contributed by atoms with Crippen LogP contribution in [0.25, 0.3) is 0 Å². The second-order valence-electron chi connectivity index (χ2n) is 5.33. The molecule has 0 saturated carbocycles. The molecular weight excluding hydrogens is 316 g/mol. The van der Waals surface area contributed by atoms with Gasteiger partial charge in [-0.05, 0) is 36.4 Å². The maximum atomic E-state index is 11.9. The average Bonchev–Trinajstić information content (AvgIpc) is 3.14. The lowest BCUT2D eigenvalue weighted by Crippen LogP contribution is -2.18. The first-order valence-electron chi connectivity index (χ1n) is 7.73. The van der Waals surface area contributed by atoms with Crippen LogP contribution in [0.5, 0.6) is 5.75 Å². The zero-order valence-electron chi connectivity index (χ0n) is 13.4. The summed E-state index contributed by atoms with van der Waals surface area (Å²) in [5, 5.41) is 15.9. The summed E-state index contributed by atoms with van der Waals surface area (Å²) in [5.74, 6) is 0.512. The van der Waals surface area contributed by atoms with Gasteiger partial charge in [-0.1, -0.05) is 18.2 Å². The van der Waals surface area contributed by atoms with Crippen molar-refractivity contribution >= 4 is 11.6 Å². The molecule has 2 aromatic carbocycles. The number of ether oxygens (including phenoxy) is 1. The average molecular weight is 332 g/mol. The molecule has 6 nitrogen and oxygen atoms in total. The number of hydrogen-bond donors (Lipinski definition) is 1. The van der Waals surface area contributed by atoms with Crippen LogP contribution >= 0.6 is 0 Å². The van der Waals surface area contributed by atoms with Crippen LogP contribution < -0.4 is 10.1 Å². The van der Waals surface area contributed by atoms with Crippen molar-refractivity contribution in [2.45, 2.75) is 13.2 Å². The van der Waals surface area contributed by atoms with Gasteiger partial charge in [0.2, 0.25) is 5.91 Å². The fourth-order valence-electron chi connectivity index (χ4n) is 2.29. The maximum absolute atomic E-state index is 11.9. The van der Waals surface area contributed by atoms with E-state index in [9.17, 15) is 4.79 Å². The van der Waals surface area contributed by atoms with Crippen molar-refractivity contribution in [1.82, 2.24) is 9.78 Å². The number of carbonyl (C=O) groups excluding carboxylic acids is 1. The van der Waals surface area contributed by atoms with E-state index in [0.717, 1.165) is 5.56 Å². The van der Waals surface area contributed by atoms with E-state index in [1.54, 1.807) is 53.5 Å². The summed E-state index contributed by atoms with van der Waals surface area (Å²) in [6, 6.07) is 18.3. The van der Waals surface area contributed by atoms with Crippen LogP contribution in [0, 0.1) is 11.3 Å². The SMILES string of the molecule is N#Cc1ccccc1COc1ccc(NC(=O)Cn2cccn2)cc1. The van der Waals surface area contributed by atoms with E-state index in [4.69, 9.17) is 10.00 Å². The molecule has 124 valence electrons. The van der Waals surface area contributed by atoms with E-state index in [-0.39, 0.29) is 12.5 Å². The first-order valence-corrected chi connectivity index (χ1v) is 7.73. The topological polar surface area (TPSA) is 79.9 Å². The monoisotopic (exact) mass is 332 g/mol. The first-order chi connectivity index (χ1) is 12.2. The molecule has 0 spiro atoms. The summed E-state index contributed by atoms with van der Waals surface area (Å²) in [4.78, 5) is 11.9. The highest BCUT2D eigenvalue weighted by Crippen LogP contribution is 2.18. The number of rotatable bonds is 6. The predicted molar refractivity (Wildman–Crippen MR) is 92.8 cm³/mol. The number of nitriles is 1. The fraction of sp³-hybridized carbons (Fsp3) is 0.105. The molecule has 0 atom stereocenters. The molecule has 6 heteroatoms. The van der Waals surface area contributed by atoms with Crippen LogP contribution in [0.1, 0.15) is 11.1 Å². The number of anilines is 1. The van der Waals surface area contributed by atoms with E-state index in [1.807, 2.05) is 18.2 Å². The zero-order valence-corrected chi connectivity index (χ0v) is 13.4. The van der Waals surface area contributed by atoms with Gasteiger partial charge < -0.3 is 10.1 Å². The van der Waals surface area contributed by atoms with E-state index >= 15 is 0 Å². The number of nitrogens with zero attached hydrogens (tertiary/aromatic N) is 3. The smallest absolute Gasteiger partial charge is 0.246 e. The summed E-state index contributed by atoms with van der Waals surface area (Å²) in [7, 11) is 0. The van der Waals surface area contributed by atoms with Gasteiger partial charge in [0.15, 0.2) is 0 Å². The minimum absolute atomic E-state index is 0.152. The fourth-order valence-corrected chi connectivity index (χ4v) is 2.29. The van der Waals surface area contributed by atoms with Crippen molar-refractivity contribution in [2.75, 3.05) is 5.32 Å². The third kappa shape index (κ3) is 4.45. The van der Waals surface area contributed by atoms with Crippen LogP contribution in [0.15, 0.2) is 67.0 Å². The molecule has 0 aliphatic rings. The molecule has 0 aliphatic carbocycles. The number of benzene rings is 2. The highest BCUT2D eigenvalue weighted by Gasteiger charge is 2.05. The normalized spacial score (nSPS) is 10.0. The lowest BCUT2D eigenvalue weighted by atomic mass is 10.1. The number of carbonyl (C=O) groups is 1. The van der Waals surface area contributed by atoms with Gasteiger partial charge in [-0.2, -0.15) is 10.4 Å². The second-order valence-corrected chi connectivity index (χ2v) is 5.33. The van der Waals surface area contributed by atoms with Crippen molar-refractivity contribution in [3.63, 3.8) is 0 Å². The van der Waals surface area contributed by atoms with E-state index in [1.165, 1.54) is 0 Å². The molecule has 0 bridgehead atoms. The molecule has 1 amide bonds. The Morgan fingerprint density at radius 3 is 2.68 bits per heavy atom. The van der Waals surface area contributed by atoms with Crippen LogP contribution in [0.4, 0.5) is 5.69 Å². The Kier molecular flexibility index (Phi) is 5.07. The van der Waals surface area contributed by atoms with Gasteiger partial charge in [-0.25, -0.2) is 0 Å². The standard InChI is InChI=1S/C19H16N4O2/c20-12-15-4-1-2-5-16(15)14-25-18-8-6-17(7-9-18)22-19(24)13-23-11-3-10-21-23/h1-11H,13-14H2,(H,22,24). The van der Waals surface area contributed by atoms with Crippen LogP contribution in [0.3, 0.4) is 0 Å². The molecule has 3 rings (SSSR count). The van der Waals surface area contributed by atoms with Crippen molar-refractivity contribution in [3.8, 4) is 11.8 Å². The van der Waals surface area contributed by atoms with Crippen molar-refractivity contribution in [3.05, 3.63) is 78.1 Å². The van der Waals surface area contributed by atoms with E-state index in [2.05, 4.69) is 16.5 Å². The zero-order chi connectivity index (χ0) is 17.5. The summed E-state index contributed by atoms with van der Waals surface area (Å²) in [6.45, 7) is 0.477. The molecule has 0 saturated heterocycles. The third-order valence-electron chi connectivity index (χ3n) is 3.54. The Morgan fingerprint density at radius 2 is 1.96 bits per heavy atom. The number of aromatic nitrogens is 2. The molecule has 0 fully saturated rings. The van der Waals surface area contributed by atoms with Gasteiger partial charge in [0.25, 0.3) is 0 Å². The summed E-state index contributed by atoms with van der Waals surface area (Å²) in [6.07, 6.45) is 3.36.